The number of nitrogens with one attached hydrogen (secondary N) is 1. The number of carbonyl (C=O) groups is 1. The van der Waals surface area contributed by atoms with Crippen LogP contribution in [0, 0.1) is 6.92 Å². The number of aryl methyl sites for hydroxylation is 1. The standard InChI is InChI=1S/C17H26N2O2/c1-3-10-19-11-8-15(9-12-19)18-17(20)13-21-16-7-5-4-6-14(16)2/h4-7,15H,3,8-13H2,1-2H3,(H,18,20). The van der Waals surface area contributed by atoms with Gasteiger partial charge < -0.3 is 15.0 Å². The summed E-state index contributed by atoms with van der Waals surface area (Å²) in [7, 11) is 0. The first-order valence-electron chi connectivity index (χ1n) is 7.89. The summed E-state index contributed by atoms with van der Waals surface area (Å²) in [6.45, 7) is 7.61. The van der Waals surface area contributed by atoms with Crippen LogP contribution in [0.4, 0.5) is 0 Å². The van der Waals surface area contributed by atoms with Crippen LogP contribution in [0.1, 0.15) is 31.7 Å². The average molecular weight is 290 g/mol. The molecule has 1 aliphatic heterocycles. The van der Waals surface area contributed by atoms with Crippen molar-refractivity contribution in [1.82, 2.24) is 10.2 Å². The third-order valence-electron chi connectivity index (χ3n) is 3.94. The van der Waals surface area contributed by atoms with E-state index in [1.165, 1.54) is 6.42 Å². The van der Waals surface area contributed by atoms with Crippen molar-refractivity contribution in [3.63, 3.8) is 0 Å². The smallest absolute Gasteiger partial charge is 0.258 e. The van der Waals surface area contributed by atoms with Gasteiger partial charge in [0.05, 0.1) is 0 Å². The summed E-state index contributed by atoms with van der Waals surface area (Å²) in [5.41, 5.74) is 1.05. The number of ether oxygens (including phenoxy) is 1. The molecule has 0 bridgehead atoms. The monoisotopic (exact) mass is 290 g/mol. The van der Waals surface area contributed by atoms with E-state index in [9.17, 15) is 4.79 Å². The van der Waals surface area contributed by atoms with Crippen molar-refractivity contribution in [3.05, 3.63) is 29.8 Å². The molecule has 2 rings (SSSR count). The van der Waals surface area contributed by atoms with Crippen LogP contribution in [0.25, 0.3) is 0 Å². The topological polar surface area (TPSA) is 41.6 Å². The number of likely N-dealkylation sites (tertiary alicyclic amines) is 1. The third kappa shape index (κ3) is 5.05. The van der Waals surface area contributed by atoms with Gasteiger partial charge in [0.1, 0.15) is 5.75 Å². The second kappa shape index (κ2) is 8.03. The first-order chi connectivity index (χ1) is 10.2. The second-order valence-electron chi connectivity index (χ2n) is 5.74. The number of rotatable bonds is 6. The van der Waals surface area contributed by atoms with Crippen molar-refractivity contribution in [2.75, 3.05) is 26.2 Å². The Balaban J connectivity index is 1.70. The minimum absolute atomic E-state index is 0.0211. The lowest BCUT2D eigenvalue weighted by atomic mass is 10.0. The Morgan fingerprint density at radius 2 is 2.05 bits per heavy atom. The van der Waals surface area contributed by atoms with Gasteiger partial charge in [-0.3, -0.25) is 4.79 Å². The molecule has 1 heterocycles. The summed E-state index contributed by atoms with van der Waals surface area (Å²) in [6, 6.07) is 8.06. The maximum absolute atomic E-state index is 12.0. The minimum atomic E-state index is -0.0211. The molecule has 1 aromatic rings. The van der Waals surface area contributed by atoms with Gasteiger partial charge >= 0.3 is 0 Å². The maximum atomic E-state index is 12.0. The van der Waals surface area contributed by atoms with Crippen LogP contribution >= 0.6 is 0 Å². The molecule has 1 aliphatic rings. The molecule has 0 unspecified atom stereocenters. The number of hydrogen-bond acceptors (Lipinski definition) is 3. The average Bonchev–Trinajstić information content (AvgIpc) is 2.49. The molecule has 1 fully saturated rings. The highest BCUT2D eigenvalue weighted by Gasteiger charge is 2.20. The van der Waals surface area contributed by atoms with Crippen molar-refractivity contribution in [2.45, 2.75) is 39.2 Å². The van der Waals surface area contributed by atoms with E-state index in [1.807, 2.05) is 31.2 Å². The van der Waals surface area contributed by atoms with Gasteiger partial charge in [-0.25, -0.2) is 0 Å². The molecule has 1 N–H and O–H groups in total. The Bertz CT molecular complexity index is 454. The van der Waals surface area contributed by atoms with Crippen LogP contribution in [0.2, 0.25) is 0 Å². The molecule has 0 atom stereocenters. The molecule has 1 aromatic carbocycles. The van der Waals surface area contributed by atoms with Crippen LogP contribution in [-0.4, -0.2) is 43.1 Å². The van der Waals surface area contributed by atoms with E-state index in [0.717, 1.165) is 43.8 Å². The molecule has 0 spiro atoms. The van der Waals surface area contributed by atoms with Crippen LogP contribution < -0.4 is 10.1 Å². The van der Waals surface area contributed by atoms with Gasteiger partial charge in [0, 0.05) is 19.1 Å². The van der Waals surface area contributed by atoms with E-state index in [4.69, 9.17) is 4.74 Å². The van der Waals surface area contributed by atoms with Crippen molar-refractivity contribution in [1.29, 1.82) is 0 Å². The zero-order valence-corrected chi connectivity index (χ0v) is 13.1. The Kier molecular flexibility index (Phi) is 6.05. The Labute approximate surface area is 127 Å². The molecule has 0 aliphatic carbocycles. The number of benzene rings is 1. The lowest BCUT2D eigenvalue weighted by Gasteiger charge is -2.32. The van der Waals surface area contributed by atoms with Gasteiger partial charge in [0.2, 0.25) is 0 Å². The highest BCUT2D eigenvalue weighted by molar-refractivity contribution is 5.77. The van der Waals surface area contributed by atoms with E-state index in [0.29, 0.717) is 6.04 Å². The molecule has 1 amide bonds. The molecule has 4 heteroatoms. The number of nitrogens with zero attached hydrogens (tertiary/aromatic N) is 1. The van der Waals surface area contributed by atoms with Crippen LogP contribution in [0.5, 0.6) is 5.75 Å². The van der Waals surface area contributed by atoms with Gasteiger partial charge in [-0.2, -0.15) is 0 Å². The molecule has 116 valence electrons. The van der Waals surface area contributed by atoms with E-state index in [1.54, 1.807) is 0 Å². The normalized spacial score (nSPS) is 16.7. The molecule has 0 saturated carbocycles. The summed E-state index contributed by atoms with van der Waals surface area (Å²) in [4.78, 5) is 14.4. The van der Waals surface area contributed by atoms with Crippen molar-refractivity contribution < 1.29 is 9.53 Å². The lowest BCUT2D eigenvalue weighted by molar-refractivity contribution is -0.124. The summed E-state index contributed by atoms with van der Waals surface area (Å²) < 4.78 is 5.58. The predicted octanol–water partition coefficient (Wildman–Crippen LogP) is 2.36. The zero-order chi connectivity index (χ0) is 15.1. The lowest BCUT2D eigenvalue weighted by Crippen LogP contribution is -2.46. The number of carbonyl (C=O) groups excluding carboxylic acids is 1. The van der Waals surface area contributed by atoms with E-state index in [2.05, 4.69) is 17.1 Å². The van der Waals surface area contributed by atoms with Crippen molar-refractivity contribution in [2.24, 2.45) is 0 Å². The molecule has 21 heavy (non-hydrogen) atoms. The van der Waals surface area contributed by atoms with E-state index < -0.39 is 0 Å². The molecule has 0 radical (unpaired) electrons. The fraction of sp³-hybridized carbons (Fsp3) is 0.588. The highest BCUT2D eigenvalue weighted by atomic mass is 16.5. The van der Waals surface area contributed by atoms with Gasteiger partial charge in [-0.05, 0) is 44.4 Å². The first-order valence-corrected chi connectivity index (χ1v) is 7.89. The van der Waals surface area contributed by atoms with Crippen LogP contribution in [0.15, 0.2) is 24.3 Å². The fourth-order valence-electron chi connectivity index (χ4n) is 2.75. The summed E-state index contributed by atoms with van der Waals surface area (Å²) in [6.07, 6.45) is 3.27. The predicted molar refractivity (Wildman–Crippen MR) is 84.6 cm³/mol. The molecule has 4 nitrogen and oxygen atoms in total. The number of para-hydroxylation sites is 1. The molecular weight excluding hydrogens is 264 g/mol. The van der Waals surface area contributed by atoms with Gasteiger partial charge in [0.15, 0.2) is 6.61 Å². The quantitative estimate of drug-likeness (QED) is 0.874. The molecular formula is C17H26N2O2. The SMILES string of the molecule is CCCN1CCC(NC(=O)COc2ccccc2C)CC1. The largest absolute Gasteiger partial charge is 0.484 e. The maximum Gasteiger partial charge on any atom is 0.258 e. The number of piperidine rings is 1. The zero-order valence-electron chi connectivity index (χ0n) is 13.1. The highest BCUT2D eigenvalue weighted by Crippen LogP contribution is 2.16. The Morgan fingerprint density at radius 3 is 2.71 bits per heavy atom. The first kappa shape index (κ1) is 15.8. The van der Waals surface area contributed by atoms with Crippen molar-refractivity contribution >= 4 is 5.91 Å². The van der Waals surface area contributed by atoms with Gasteiger partial charge in [0.25, 0.3) is 5.91 Å². The van der Waals surface area contributed by atoms with E-state index in [-0.39, 0.29) is 12.5 Å². The summed E-state index contributed by atoms with van der Waals surface area (Å²) >= 11 is 0. The van der Waals surface area contributed by atoms with E-state index >= 15 is 0 Å². The molecule has 1 saturated heterocycles. The second-order valence-corrected chi connectivity index (χ2v) is 5.74. The Hall–Kier alpha value is -1.55. The van der Waals surface area contributed by atoms with Gasteiger partial charge in [-0.15, -0.1) is 0 Å². The Morgan fingerprint density at radius 1 is 1.33 bits per heavy atom. The van der Waals surface area contributed by atoms with Crippen LogP contribution in [0.3, 0.4) is 0 Å². The molecule has 0 aromatic heterocycles. The minimum Gasteiger partial charge on any atom is -0.484 e. The number of hydrogen-bond donors (Lipinski definition) is 1. The fourth-order valence-corrected chi connectivity index (χ4v) is 2.75. The van der Waals surface area contributed by atoms with Crippen molar-refractivity contribution in [3.8, 4) is 5.75 Å². The number of amides is 1. The third-order valence-corrected chi connectivity index (χ3v) is 3.94. The summed E-state index contributed by atoms with van der Waals surface area (Å²) in [5, 5.41) is 3.08. The van der Waals surface area contributed by atoms with Gasteiger partial charge in [-0.1, -0.05) is 25.1 Å². The summed E-state index contributed by atoms with van der Waals surface area (Å²) in [5.74, 6) is 0.762. The van der Waals surface area contributed by atoms with Crippen LogP contribution in [-0.2, 0) is 4.79 Å².